The Bertz CT molecular complexity index is 544. The van der Waals surface area contributed by atoms with Crippen molar-refractivity contribution in [1.82, 2.24) is 10.6 Å². The highest BCUT2D eigenvalue weighted by molar-refractivity contribution is 5.80. The molecule has 4 nitrogen and oxygen atoms in total. The second kappa shape index (κ2) is 5.95. The van der Waals surface area contributed by atoms with E-state index in [1.54, 1.807) is 0 Å². The first-order valence-electron chi connectivity index (χ1n) is 7.26. The smallest absolute Gasteiger partial charge is 0.225 e. The van der Waals surface area contributed by atoms with Gasteiger partial charge in [0, 0.05) is 19.1 Å². The summed E-state index contributed by atoms with van der Waals surface area (Å²) in [4.78, 5) is 12.2. The van der Waals surface area contributed by atoms with Crippen molar-refractivity contribution >= 4 is 5.91 Å². The number of fused-ring (bicyclic) bond motifs is 2. The summed E-state index contributed by atoms with van der Waals surface area (Å²) < 4.78 is 12.8. The molecule has 0 radical (unpaired) electrons. The van der Waals surface area contributed by atoms with E-state index in [-0.39, 0.29) is 30.2 Å². The minimum atomic E-state index is -0.821. The molecule has 2 heterocycles. The molecule has 0 spiro atoms. The van der Waals surface area contributed by atoms with E-state index in [2.05, 4.69) is 22.8 Å². The zero-order valence-corrected chi connectivity index (χ0v) is 11.6. The average Bonchev–Trinajstić information content (AvgIpc) is 2.54. The van der Waals surface area contributed by atoms with Gasteiger partial charge >= 0.3 is 0 Å². The average molecular weight is 290 g/mol. The van der Waals surface area contributed by atoms with Gasteiger partial charge in [0.05, 0.1) is 12.0 Å². The Morgan fingerprint density at radius 2 is 2.14 bits per heavy atom. The number of aliphatic hydroxyl groups is 1. The van der Waals surface area contributed by atoms with Crippen molar-refractivity contribution in [2.24, 2.45) is 11.8 Å². The van der Waals surface area contributed by atoms with Crippen LogP contribution in [0.5, 0.6) is 0 Å². The molecule has 1 aliphatic carbocycles. The van der Waals surface area contributed by atoms with Crippen molar-refractivity contribution in [3.63, 3.8) is 0 Å². The van der Waals surface area contributed by atoms with Crippen LogP contribution >= 0.6 is 0 Å². The van der Waals surface area contributed by atoms with E-state index < -0.39 is 6.10 Å². The molecule has 1 amide bonds. The maximum Gasteiger partial charge on any atom is 0.225 e. The van der Waals surface area contributed by atoms with E-state index in [4.69, 9.17) is 0 Å². The summed E-state index contributed by atoms with van der Waals surface area (Å²) in [7, 11) is 0. The molecule has 1 saturated heterocycles. The standard InChI is InChI=1S/C16H19FN2O2/c17-12-4-2-11(3-5-12)15(20)9-19-16(21)13-7-10-1-6-14(13)18-8-10/h1-6,10,13-15,18,20H,7-9H2,(H,19,21)/t10-,13+,14-,15+/m1/s1. The SMILES string of the molecule is O=C(NC[C@H](O)c1ccc(F)cc1)[C@H]1C[C@H]2C=C[C@H]1NC2. The molecule has 2 aliphatic heterocycles. The quantitative estimate of drug-likeness (QED) is 0.729. The number of carbonyl (C=O) groups is 1. The number of carbonyl (C=O) groups excluding carboxylic acids is 1. The summed E-state index contributed by atoms with van der Waals surface area (Å²) in [5.41, 5.74) is 0.597. The molecule has 0 aromatic heterocycles. The Hall–Kier alpha value is -1.72. The highest BCUT2D eigenvalue weighted by atomic mass is 19.1. The third kappa shape index (κ3) is 3.14. The Kier molecular flexibility index (Phi) is 4.03. The number of hydrogen-bond donors (Lipinski definition) is 3. The number of hydrogen-bond acceptors (Lipinski definition) is 3. The van der Waals surface area contributed by atoms with Gasteiger partial charge in [-0.25, -0.2) is 4.39 Å². The molecule has 5 heteroatoms. The molecule has 3 N–H and O–H groups in total. The van der Waals surface area contributed by atoms with Crippen LogP contribution in [0.3, 0.4) is 0 Å². The molecule has 112 valence electrons. The van der Waals surface area contributed by atoms with Crippen LogP contribution in [0, 0.1) is 17.7 Å². The number of piperidine rings is 1. The summed E-state index contributed by atoms with van der Waals surface area (Å²) in [6, 6.07) is 5.75. The molecule has 1 fully saturated rings. The predicted molar refractivity (Wildman–Crippen MR) is 76.9 cm³/mol. The monoisotopic (exact) mass is 290 g/mol. The number of halogens is 1. The Morgan fingerprint density at radius 1 is 1.38 bits per heavy atom. The van der Waals surface area contributed by atoms with Crippen LogP contribution in [0.4, 0.5) is 4.39 Å². The summed E-state index contributed by atoms with van der Waals surface area (Å²) >= 11 is 0. The van der Waals surface area contributed by atoms with Gasteiger partial charge in [0.25, 0.3) is 0 Å². The lowest BCUT2D eigenvalue weighted by Crippen LogP contribution is -2.52. The Morgan fingerprint density at radius 3 is 2.71 bits per heavy atom. The first-order chi connectivity index (χ1) is 10.1. The van der Waals surface area contributed by atoms with Gasteiger partial charge in [-0.1, -0.05) is 24.3 Å². The molecule has 3 aliphatic rings. The predicted octanol–water partition coefficient (Wildman–Crippen LogP) is 1.14. The van der Waals surface area contributed by atoms with Crippen LogP contribution in [0.15, 0.2) is 36.4 Å². The first kappa shape index (κ1) is 14.2. The Balaban J connectivity index is 1.54. The molecule has 0 unspecified atom stereocenters. The second-order valence-corrected chi connectivity index (χ2v) is 5.73. The minimum Gasteiger partial charge on any atom is -0.387 e. The molecule has 1 aromatic carbocycles. The third-order valence-electron chi connectivity index (χ3n) is 4.26. The van der Waals surface area contributed by atoms with Gasteiger partial charge in [-0.3, -0.25) is 4.79 Å². The highest BCUT2D eigenvalue weighted by Crippen LogP contribution is 2.28. The largest absolute Gasteiger partial charge is 0.387 e. The summed E-state index contributed by atoms with van der Waals surface area (Å²) in [6.07, 6.45) is 4.25. The zero-order valence-electron chi connectivity index (χ0n) is 11.6. The van der Waals surface area contributed by atoms with Crippen molar-refractivity contribution in [2.45, 2.75) is 18.6 Å². The molecule has 0 saturated carbocycles. The van der Waals surface area contributed by atoms with Crippen molar-refractivity contribution in [3.05, 3.63) is 47.8 Å². The van der Waals surface area contributed by atoms with Crippen LogP contribution in [0.25, 0.3) is 0 Å². The lowest BCUT2D eigenvalue weighted by molar-refractivity contribution is -0.127. The van der Waals surface area contributed by atoms with Gasteiger partial charge in [-0.2, -0.15) is 0 Å². The fourth-order valence-corrected chi connectivity index (χ4v) is 3.01. The van der Waals surface area contributed by atoms with Crippen molar-refractivity contribution in [3.8, 4) is 0 Å². The number of amides is 1. The van der Waals surface area contributed by atoms with E-state index in [0.717, 1.165) is 13.0 Å². The van der Waals surface area contributed by atoms with Crippen LogP contribution in [-0.4, -0.2) is 30.1 Å². The second-order valence-electron chi connectivity index (χ2n) is 5.73. The molecular formula is C16H19FN2O2. The minimum absolute atomic E-state index is 0.0392. The van der Waals surface area contributed by atoms with E-state index in [1.165, 1.54) is 24.3 Å². The molecule has 1 aromatic rings. The fraction of sp³-hybridized carbons (Fsp3) is 0.438. The normalized spacial score (nSPS) is 28.4. The molecular weight excluding hydrogens is 271 g/mol. The zero-order chi connectivity index (χ0) is 14.8. The van der Waals surface area contributed by atoms with Gasteiger partial charge in [-0.05, 0) is 30.0 Å². The third-order valence-corrected chi connectivity index (χ3v) is 4.26. The number of nitrogens with one attached hydrogen (secondary N) is 2. The fourth-order valence-electron chi connectivity index (χ4n) is 3.01. The highest BCUT2D eigenvalue weighted by Gasteiger charge is 2.36. The van der Waals surface area contributed by atoms with Crippen LogP contribution in [-0.2, 0) is 4.79 Å². The lowest BCUT2D eigenvalue weighted by Gasteiger charge is -2.38. The first-order valence-corrected chi connectivity index (χ1v) is 7.26. The van der Waals surface area contributed by atoms with Crippen molar-refractivity contribution in [1.29, 1.82) is 0 Å². The number of benzene rings is 1. The maximum absolute atomic E-state index is 12.8. The lowest BCUT2D eigenvalue weighted by atomic mass is 9.78. The molecule has 4 rings (SSSR count). The summed E-state index contributed by atoms with van der Waals surface area (Å²) in [5.74, 6) is -0.0317. The van der Waals surface area contributed by atoms with Crippen molar-refractivity contribution < 1.29 is 14.3 Å². The van der Waals surface area contributed by atoms with Crippen molar-refractivity contribution in [2.75, 3.05) is 13.1 Å². The van der Waals surface area contributed by atoms with Gasteiger partial charge in [0.1, 0.15) is 5.82 Å². The van der Waals surface area contributed by atoms with E-state index in [9.17, 15) is 14.3 Å². The topological polar surface area (TPSA) is 61.4 Å². The van der Waals surface area contributed by atoms with E-state index >= 15 is 0 Å². The molecule has 21 heavy (non-hydrogen) atoms. The molecule has 2 bridgehead atoms. The van der Waals surface area contributed by atoms with Crippen LogP contribution in [0.1, 0.15) is 18.1 Å². The Labute approximate surface area is 123 Å². The van der Waals surface area contributed by atoms with Gasteiger partial charge in [0.15, 0.2) is 0 Å². The maximum atomic E-state index is 12.8. The summed E-state index contributed by atoms with van der Waals surface area (Å²) in [6.45, 7) is 1.07. The summed E-state index contributed by atoms with van der Waals surface area (Å²) in [5, 5.41) is 16.1. The van der Waals surface area contributed by atoms with E-state index in [0.29, 0.717) is 11.5 Å². The van der Waals surface area contributed by atoms with E-state index in [1.807, 2.05) is 0 Å². The van der Waals surface area contributed by atoms with Gasteiger partial charge in [-0.15, -0.1) is 0 Å². The molecule has 4 atom stereocenters. The van der Waals surface area contributed by atoms with Crippen LogP contribution < -0.4 is 10.6 Å². The number of rotatable bonds is 4. The van der Waals surface area contributed by atoms with Gasteiger partial charge < -0.3 is 15.7 Å². The van der Waals surface area contributed by atoms with Gasteiger partial charge in [0.2, 0.25) is 5.91 Å². The van der Waals surface area contributed by atoms with Crippen LogP contribution in [0.2, 0.25) is 0 Å². The number of aliphatic hydroxyl groups excluding tert-OH is 1.